The lowest BCUT2D eigenvalue weighted by Gasteiger charge is -2.32. The molecule has 0 bridgehead atoms. The predicted molar refractivity (Wildman–Crippen MR) is 76.8 cm³/mol. The van der Waals surface area contributed by atoms with E-state index in [0.717, 1.165) is 6.42 Å². The number of piperidine rings is 1. The second-order valence-electron chi connectivity index (χ2n) is 5.03. The van der Waals surface area contributed by atoms with E-state index in [2.05, 4.69) is 4.72 Å². The number of carbonyl (C=O) groups excluding carboxylic acids is 1. The largest absolute Gasteiger partial charge is 0.341 e. The number of likely N-dealkylation sites (tertiary alicyclic amines) is 1. The van der Waals surface area contributed by atoms with Crippen molar-refractivity contribution in [2.24, 2.45) is 0 Å². The maximum absolute atomic E-state index is 12.4. The van der Waals surface area contributed by atoms with Crippen LogP contribution in [0.2, 0.25) is 0 Å². The Labute approximate surface area is 124 Å². The summed E-state index contributed by atoms with van der Waals surface area (Å²) in [6.45, 7) is 2.49. The number of nitrogens with zero attached hydrogens (tertiary/aromatic N) is 2. The molecule has 0 aliphatic carbocycles. The van der Waals surface area contributed by atoms with Crippen LogP contribution in [0.5, 0.6) is 0 Å². The van der Waals surface area contributed by atoms with Crippen molar-refractivity contribution in [1.29, 1.82) is 5.26 Å². The fourth-order valence-corrected chi connectivity index (χ4v) is 3.85. The molecule has 0 spiro atoms. The normalized spacial score (nSPS) is 19.0. The molecule has 1 fully saturated rings. The highest BCUT2D eigenvalue weighted by molar-refractivity contribution is 7.89. The van der Waals surface area contributed by atoms with Gasteiger partial charge >= 0.3 is 0 Å². The van der Waals surface area contributed by atoms with Crippen LogP contribution in [-0.4, -0.2) is 38.4 Å². The van der Waals surface area contributed by atoms with Gasteiger partial charge in [0, 0.05) is 26.1 Å². The zero-order valence-electron chi connectivity index (χ0n) is 11.7. The first kappa shape index (κ1) is 15.5. The minimum atomic E-state index is -3.76. The van der Waals surface area contributed by atoms with E-state index in [0.29, 0.717) is 19.5 Å². The summed E-state index contributed by atoms with van der Waals surface area (Å²) in [4.78, 5) is 13.0. The van der Waals surface area contributed by atoms with Crippen LogP contribution in [0.15, 0.2) is 29.2 Å². The summed E-state index contributed by atoms with van der Waals surface area (Å²) < 4.78 is 27.4. The molecule has 1 N–H and O–H groups in total. The predicted octanol–water partition coefficient (Wildman–Crippen LogP) is 0.847. The van der Waals surface area contributed by atoms with E-state index >= 15 is 0 Å². The van der Waals surface area contributed by atoms with Crippen molar-refractivity contribution in [3.05, 3.63) is 29.8 Å². The van der Waals surface area contributed by atoms with Gasteiger partial charge in [-0.25, -0.2) is 13.1 Å². The van der Waals surface area contributed by atoms with Crippen molar-refractivity contribution < 1.29 is 13.2 Å². The molecular weight excluding hydrogens is 290 g/mol. The Morgan fingerprint density at radius 3 is 2.81 bits per heavy atom. The number of sulfonamides is 1. The van der Waals surface area contributed by atoms with Crippen LogP contribution in [-0.2, 0) is 14.8 Å². The number of nitrogens with one attached hydrogen (secondary N) is 1. The van der Waals surface area contributed by atoms with Crippen LogP contribution in [0.4, 0.5) is 0 Å². The van der Waals surface area contributed by atoms with E-state index in [-0.39, 0.29) is 22.4 Å². The van der Waals surface area contributed by atoms with Crippen LogP contribution in [0.1, 0.15) is 25.3 Å². The molecule has 1 unspecified atom stereocenters. The van der Waals surface area contributed by atoms with Crippen LogP contribution >= 0.6 is 0 Å². The Kier molecular flexibility index (Phi) is 4.60. The number of nitriles is 1. The quantitative estimate of drug-likeness (QED) is 0.896. The molecule has 0 saturated carbocycles. The first-order chi connectivity index (χ1) is 9.94. The smallest absolute Gasteiger partial charge is 0.242 e. The molecule has 7 heteroatoms. The lowest BCUT2D eigenvalue weighted by atomic mass is 10.1. The standard InChI is InChI=1S/C14H17N3O3S/c1-11(18)17-8-4-6-13(10-17)16-21(19,20)14-7-3-2-5-12(14)9-15/h2-3,5,7,13,16H,4,6,8,10H2,1H3. The topological polar surface area (TPSA) is 90.3 Å². The lowest BCUT2D eigenvalue weighted by Crippen LogP contribution is -2.49. The monoisotopic (exact) mass is 307 g/mol. The molecule has 1 aliphatic heterocycles. The van der Waals surface area contributed by atoms with Gasteiger partial charge in [-0.2, -0.15) is 5.26 Å². The third-order valence-electron chi connectivity index (χ3n) is 3.49. The van der Waals surface area contributed by atoms with E-state index in [9.17, 15) is 13.2 Å². The van der Waals surface area contributed by atoms with E-state index in [1.807, 2.05) is 6.07 Å². The molecule has 1 aromatic rings. The third kappa shape index (κ3) is 3.60. The van der Waals surface area contributed by atoms with Gasteiger partial charge in [-0.3, -0.25) is 4.79 Å². The van der Waals surface area contributed by atoms with Crippen molar-refractivity contribution >= 4 is 15.9 Å². The van der Waals surface area contributed by atoms with Gasteiger partial charge in [0.05, 0.1) is 10.5 Å². The maximum Gasteiger partial charge on any atom is 0.242 e. The van der Waals surface area contributed by atoms with Crippen LogP contribution < -0.4 is 4.72 Å². The molecule has 1 saturated heterocycles. The van der Waals surface area contributed by atoms with Crippen LogP contribution in [0.25, 0.3) is 0 Å². The Hall–Kier alpha value is -1.91. The number of hydrogen-bond donors (Lipinski definition) is 1. The average molecular weight is 307 g/mol. The Morgan fingerprint density at radius 2 is 2.14 bits per heavy atom. The summed E-state index contributed by atoms with van der Waals surface area (Å²) >= 11 is 0. The third-order valence-corrected chi connectivity index (χ3v) is 5.06. The molecule has 1 amide bonds. The summed E-state index contributed by atoms with van der Waals surface area (Å²) in [6, 6.07) is 7.64. The summed E-state index contributed by atoms with van der Waals surface area (Å²) in [6.07, 6.45) is 1.43. The van der Waals surface area contributed by atoms with Crippen molar-refractivity contribution in [2.75, 3.05) is 13.1 Å². The van der Waals surface area contributed by atoms with Gasteiger partial charge in [-0.1, -0.05) is 12.1 Å². The van der Waals surface area contributed by atoms with Crippen LogP contribution in [0, 0.1) is 11.3 Å². The Balaban J connectivity index is 2.18. The van der Waals surface area contributed by atoms with Gasteiger partial charge in [0.1, 0.15) is 6.07 Å². The molecule has 1 aliphatic rings. The molecule has 1 heterocycles. The SMILES string of the molecule is CC(=O)N1CCCC(NS(=O)(=O)c2ccccc2C#N)C1. The van der Waals surface area contributed by atoms with Crippen molar-refractivity contribution in [2.45, 2.75) is 30.7 Å². The van der Waals surface area contributed by atoms with Gasteiger partial charge in [-0.15, -0.1) is 0 Å². The Morgan fingerprint density at radius 1 is 1.43 bits per heavy atom. The fraction of sp³-hybridized carbons (Fsp3) is 0.429. The highest BCUT2D eigenvalue weighted by Gasteiger charge is 2.27. The molecule has 2 rings (SSSR count). The van der Waals surface area contributed by atoms with Gasteiger partial charge in [0.2, 0.25) is 15.9 Å². The zero-order valence-corrected chi connectivity index (χ0v) is 12.6. The zero-order chi connectivity index (χ0) is 15.5. The average Bonchev–Trinajstić information content (AvgIpc) is 2.47. The first-order valence-corrected chi connectivity index (χ1v) is 8.19. The number of carbonyl (C=O) groups is 1. The summed E-state index contributed by atoms with van der Waals surface area (Å²) in [7, 11) is -3.76. The first-order valence-electron chi connectivity index (χ1n) is 6.71. The minimum absolute atomic E-state index is 0.0209. The van der Waals surface area contributed by atoms with Gasteiger partial charge < -0.3 is 4.90 Å². The van der Waals surface area contributed by atoms with Crippen molar-refractivity contribution in [1.82, 2.24) is 9.62 Å². The number of hydrogen-bond acceptors (Lipinski definition) is 4. The fourth-order valence-electron chi connectivity index (χ4n) is 2.44. The van der Waals surface area contributed by atoms with Crippen molar-refractivity contribution in [3.8, 4) is 6.07 Å². The number of amides is 1. The molecule has 0 radical (unpaired) electrons. The Bertz CT molecular complexity index is 679. The van der Waals surface area contributed by atoms with Gasteiger partial charge in [0.15, 0.2) is 0 Å². The van der Waals surface area contributed by atoms with E-state index in [1.54, 1.807) is 17.0 Å². The maximum atomic E-state index is 12.4. The summed E-state index contributed by atoms with van der Waals surface area (Å²) in [5.41, 5.74) is 0.115. The highest BCUT2D eigenvalue weighted by Crippen LogP contribution is 2.17. The summed E-state index contributed by atoms with van der Waals surface area (Å²) in [5, 5.41) is 9.01. The molecule has 6 nitrogen and oxygen atoms in total. The second kappa shape index (κ2) is 6.24. The molecule has 21 heavy (non-hydrogen) atoms. The minimum Gasteiger partial charge on any atom is -0.341 e. The molecule has 1 aromatic carbocycles. The number of benzene rings is 1. The molecule has 112 valence electrons. The lowest BCUT2D eigenvalue weighted by molar-refractivity contribution is -0.130. The van der Waals surface area contributed by atoms with Gasteiger partial charge in [-0.05, 0) is 25.0 Å². The van der Waals surface area contributed by atoms with E-state index < -0.39 is 10.0 Å². The molecule has 1 atom stereocenters. The van der Waals surface area contributed by atoms with Crippen molar-refractivity contribution in [3.63, 3.8) is 0 Å². The van der Waals surface area contributed by atoms with E-state index in [4.69, 9.17) is 5.26 Å². The van der Waals surface area contributed by atoms with Crippen LogP contribution in [0.3, 0.4) is 0 Å². The molecule has 0 aromatic heterocycles. The second-order valence-corrected chi connectivity index (χ2v) is 6.72. The highest BCUT2D eigenvalue weighted by atomic mass is 32.2. The summed E-state index contributed by atoms with van der Waals surface area (Å²) in [5.74, 6) is -0.0590. The molecular formula is C14H17N3O3S. The van der Waals surface area contributed by atoms with E-state index in [1.165, 1.54) is 19.1 Å². The van der Waals surface area contributed by atoms with Gasteiger partial charge in [0.25, 0.3) is 0 Å². The number of rotatable bonds is 3.